The SMILES string of the molecule is [2H]C([2H])C1CC2CCc3ccc(nc3)-c3ccc(cc3)CCC3CC(CC(C([2H])([2H])C([2H])([2H])c4ccc(-c5cc(C([2H])([2H])[2H])c(C)cn5)c5oc6nc(C)ccc6c45)C3)C([2H])([2H])Cc3ccc(cc3)-c3ccc(cn3)CC([2H])([2H])C(C2)C1. The van der Waals surface area contributed by atoms with Crippen LogP contribution < -0.4 is 0 Å². The number of pyridine rings is 4. The van der Waals surface area contributed by atoms with Gasteiger partial charge in [0.25, 0.3) is 0 Å². The molecule has 2 fully saturated rings. The molecule has 0 amide bonds. The lowest BCUT2D eigenvalue weighted by molar-refractivity contribution is 0.172. The minimum Gasteiger partial charge on any atom is -0.437 e. The maximum atomic E-state index is 10.0. The van der Waals surface area contributed by atoms with E-state index in [0.29, 0.717) is 77.5 Å². The molecular formula is C64H70N4O. The van der Waals surface area contributed by atoms with Gasteiger partial charge in [-0.05, 0) is 234 Å². The zero-order chi connectivity index (χ0) is 58.1. The van der Waals surface area contributed by atoms with Crippen LogP contribution in [0.25, 0.3) is 55.8 Å². The molecule has 6 atom stereocenters. The Morgan fingerprint density at radius 3 is 1.90 bits per heavy atom. The highest BCUT2D eigenvalue weighted by Gasteiger charge is 2.30. The summed E-state index contributed by atoms with van der Waals surface area (Å²) >= 11 is 0. The van der Waals surface area contributed by atoms with Gasteiger partial charge in [0.15, 0.2) is 0 Å². The molecular weight excluding hydrogens is 841 g/mol. The summed E-state index contributed by atoms with van der Waals surface area (Å²) < 4.78 is 126. The van der Waals surface area contributed by atoms with Crippen molar-refractivity contribution in [3.8, 4) is 33.8 Å². The first-order valence-corrected chi connectivity index (χ1v) is 25.1. The lowest BCUT2D eigenvalue weighted by Gasteiger charge is -2.35. The number of nitrogens with zero attached hydrogens (tertiary/aromatic N) is 4. The molecule has 12 bridgehead atoms. The molecule has 5 nitrogen and oxygen atoms in total. The Kier molecular flexibility index (Phi) is 9.59. The lowest BCUT2D eigenvalue weighted by Crippen LogP contribution is -2.24. The molecule has 4 aliphatic heterocycles. The summed E-state index contributed by atoms with van der Waals surface area (Å²) in [5, 5.41) is 0.804. The second-order valence-electron chi connectivity index (χ2n) is 20.3. The van der Waals surface area contributed by atoms with E-state index >= 15 is 0 Å². The van der Waals surface area contributed by atoms with Crippen molar-refractivity contribution in [3.63, 3.8) is 0 Å². The standard InChI is InChI=1S/C64H70N4O/c1-41-31-49-12-8-47-19-29-59(66-39-47)54-21-14-45(15-22-54)6-10-51-35-52(11-7-46-16-23-55(24-17-46)60-30-20-48(40-67-60)9-13-50(32-41)34-49)37-53(36-51)18-25-56-26-28-57(61-33-42(2)43(3)38-65-61)63-62(56)58-27-5-44(4)68-64(58)69-63/h5,14-17,19-24,26-30,33,38-41,49-53H,6-13,18,25,31-32,34-37H2,1-4H3/i1D2,2D3,10D2,12D2,18D2,25D2. The largest absolute Gasteiger partial charge is 0.437 e. The van der Waals surface area contributed by atoms with Crippen molar-refractivity contribution in [3.05, 3.63) is 166 Å². The van der Waals surface area contributed by atoms with Crippen LogP contribution in [-0.2, 0) is 32.1 Å². The van der Waals surface area contributed by atoms with E-state index in [1.165, 1.54) is 12.3 Å². The third-order valence-corrected chi connectivity index (χ3v) is 15.1. The van der Waals surface area contributed by atoms with E-state index in [1.807, 2.05) is 55.6 Å². The van der Waals surface area contributed by atoms with Gasteiger partial charge in [-0.3, -0.25) is 15.0 Å². The Bertz CT molecular complexity index is 3580. The Labute approximate surface area is 428 Å². The Morgan fingerprint density at radius 1 is 0.594 bits per heavy atom. The molecule has 69 heavy (non-hydrogen) atoms. The molecule has 6 unspecified atom stereocenters. The highest BCUT2D eigenvalue weighted by atomic mass is 16.3. The predicted molar refractivity (Wildman–Crippen MR) is 284 cm³/mol. The summed E-state index contributed by atoms with van der Waals surface area (Å²) in [6.45, 7) is 0.0613. The van der Waals surface area contributed by atoms with Gasteiger partial charge in [-0.1, -0.05) is 73.6 Å². The number of furan rings is 1. The third-order valence-electron chi connectivity index (χ3n) is 15.1. The van der Waals surface area contributed by atoms with Gasteiger partial charge in [0.05, 0.1) is 17.1 Å². The topological polar surface area (TPSA) is 64.7 Å². The molecule has 9 aliphatic rings. The highest BCUT2D eigenvalue weighted by molar-refractivity contribution is 6.10. The molecule has 8 aromatic rings. The molecule has 0 radical (unpaired) electrons. The third kappa shape index (κ3) is 10.5. The van der Waals surface area contributed by atoms with Crippen LogP contribution in [0.4, 0.5) is 0 Å². The summed E-state index contributed by atoms with van der Waals surface area (Å²) in [5.41, 5.74) is 9.51. The first-order valence-electron chi connectivity index (χ1n) is 31.7. The highest BCUT2D eigenvalue weighted by Crippen LogP contribution is 2.43. The van der Waals surface area contributed by atoms with E-state index in [9.17, 15) is 11.0 Å². The summed E-state index contributed by atoms with van der Waals surface area (Å²) in [4.78, 5) is 18.9. The van der Waals surface area contributed by atoms with Gasteiger partial charge in [0, 0.05) is 69.6 Å². The summed E-state index contributed by atoms with van der Waals surface area (Å²) in [7, 11) is 0. The van der Waals surface area contributed by atoms with Gasteiger partial charge in [0.2, 0.25) is 5.71 Å². The number of aryl methyl sites for hydroxylation is 8. The fraction of sp³-hybridized carbons (Fsp3) is 0.406. The molecule has 2 saturated carbocycles. The van der Waals surface area contributed by atoms with E-state index in [2.05, 4.69) is 40.3 Å². The van der Waals surface area contributed by atoms with Crippen LogP contribution in [0.1, 0.15) is 140 Å². The van der Waals surface area contributed by atoms with Crippen LogP contribution in [0, 0.1) is 56.2 Å². The average molecular weight is 924 g/mol. The van der Waals surface area contributed by atoms with Crippen molar-refractivity contribution in [1.29, 1.82) is 0 Å². The van der Waals surface area contributed by atoms with E-state index in [-0.39, 0.29) is 65.4 Å². The van der Waals surface area contributed by atoms with Gasteiger partial charge in [0.1, 0.15) is 5.58 Å². The monoisotopic (exact) mass is 924 g/mol. The normalized spacial score (nSPS) is 27.3. The number of rotatable bonds is 4. The van der Waals surface area contributed by atoms with E-state index in [1.54, 1.807) is 37.4 Å². The van der Waals surface area contributed by atoms with Crippen molar-refractivity contribution < 1.29 is 22.2 Å². The summed E-state index contributed by atoms with van der Waals surface area (Å²) in [6, 6.07) is 32.1. The number of benzene rings is 3. The molecule has 3 aromatic carbocycles. The average Bonchev–Trinajstić information content (AvgIpc) is 4.03. The van der Waals surface area contributed by atoms with Crippen molar-refractivity contribution in [2.75, 3.05) is 0 Å². The first kappa shape index (κ1) is 32.8. The molecule has 17 rings (SSSR count). The van der Waals surface area contributed by atoms with Crippen molar-refractivity contribution in [1.82, 2.24) is 19.9 Å². The molecule has 5 aromatic heterocycles. The first-order chi connectivity index (χ1) is 38.8. The fourth-order valence-corrected chi connectivity index (χ4v) is 11.2. The second-order valence-corrected chi connectivity index (χ2v) is 20.3. The van der Waals surface area contributed by atoms with Gasteiger partial charge in [-0.15, -0.1) is 0 Å². The van der Waals surface area contributed by atoms with Crippen LogP contribution in [-0.4, -0.2) is 19.9 Å². The zero-order valence-electron chi connectivity index (χ0n) is 52.8. The molecule has 5 heteroatoms. The van der Waals surface area contributed by atoms with Gasteiger partial charge in [-0.2, -0.15) is 0 Å². The molecule has 352 valence electrons. The van der Waals surface area contributed by atoms with Crippen LogP contribution in [0.3, 0.4) is 0 Å². The summed E-state index contributed by atoms with van der Waals surface area (Å²) in [5.74, 6) is -1.96. The fourth-order valence-electron chi connectivity index (χ4n) is 11.2. The summed E-state index contributed by atoms with van der Waals surface area (Å²) in [6.07, 6.45) is 2.61. The van der Waals surface area contributed by atoms with Gasteiger partial charge < -0.3 is 4.42 Å². The minimum absolute atomic E-state index is 0.0545. The van der Waals surface area contributed by atoms with Gasteiger partial charge in [-0.25, -0.2) is 4.98 Å². The maximum absolute atomic E-state index is 10.0. The van der Waals surface area contributed by atoms with E-state index in [0.717, 1.165) is 58.3 Å². The number of aromatic nitrogens is 4. The van der Waals surface area contributed by atoms with Crippen molar-refractivity contribution in [2.24, 2.45) is 35.5 Å². The van der Waals surface area contributed by atoms with Crippen molar-refractivity contribution in [2.45, 2.75) is 130 Å². The molecule has 0 N–H and O–H groups in total. The van der Waals surface area contributed by atoms with Crippen LogP contribution >= 0.6 is 0 Å². The molecule has 5 aliphatic carbocycles. The van der Waals surface area contributed by atoms with Crippen LogP contribution in [0.15, 0.2) is 126 Å². The predicted octanol–water partition coefficient (Wildman–Crippen LogP) is 16.3. The Hall–Kier alpha value is -5.94. The minimum atomic E-state index is -2.65. The number of hydrogen-bond acceptors (Lipinski definition) is 5. The van der Waals surface area contributed by atoms with E-state index < -0.39 is 51.1 Å². The Balaban J connectivity index is 0.924. The number of fused-ring (bicyclic) bond motifs is 3. The Morgan fingerprint density at radius 2 is 1.20 bits per heavy atom. The van der Waals surface area contributed by atoms with Crippen LogP contribution in [0.5, 0.6) is 0 Å². The van der Waals surface area contributed by atoms with Crippen LogP contribution in [0.2, 0.25) is 0 Å². The van der Waals surface area contributed by atoms with E-state index in [4.69, 9.17) is 21.2 Å². The quantitative estimate of drug-likeness (QED) is 0.176. The molecule has 0 spiro atoms. The number of hydrogen-bond donors (Lipinski definition) is 0. The second kappa shape index (κ2) is 20.2. The molecule has 9 heterocycles. The smallest absolute Gasteiger partial charge is 0.227 e. The van der Waals surface area contributed by atoms with Gasteiger partial charge >= 0.3 is 0 Å². The zero-order valence-corrected chi connectivity index (χ0v) is 39.8. The lowest BCUT2D eigenvalue weighted by atomic mass is 9.70. The van der Waals surface area contributed by atoms with Crippen molar-refractivity contribution >= 4 is 22.1 Å². The molecule has 0 saturated heterocycles. The maximum Gasteiger partial charge on any atom is 0.227 e.